The molecule has 1 aromatic rings. The second-order valence-corrected chi connectivity index (χ2v) is 5.25. The summed E-state index contributed by atoms with van der Waals surface area (Å²) < 4.78 is 2.47. The SMILES string of the molecule is CC=[N+]1CCCCCN(c2ccncc2)CCCC1. The van der Waals surface area contributed by atoms with Gasteiger partial charge in [0.25, 0.3) is 0 Å². The van der Waals surface area contributed by atoms with Crippen molar-refractivity contribution in [3.8, 4) is 0 Å². The fraction of sp³-hybridized carbons (Fsp3) is 0.625. The van der Waals surface area contributed by atoms with Gasteiger partial charge in [0.2, 0.25) is 0 Å². The summed E-state index contributed by atoms with van der Waals surface area (Å²) >= 11 is 0. The third-order valence-electron chi connectivity index (χ3n) is 3.89. The molecule has 1 saturated heterocycles. The molecule has 0 aliphatic carbocycles. The van der Waals surface area contributed by atoms with Crippen LogP contribution in [0.25, 0.3) is 0 Å². The average molecular weight is 260 g/mol. The fourth-order valence-corrected chi connectivity index (χ4v) is 2.71. The lowest BCUT2D eigenvalue weighted by atomic mass is 10.2. The van der Waals surface area contributed by atoms with Crippen LogP contribution in [0.3, 0.4) is 0 Å². The van der Waals surface area contributed by atoms with Gasteiger partial charge in [0.15, 0.2) is 0 Å². The van der Waals surface area contributed by atoms with E-state index in [0.29, 0.717) is 0 Å². The Balaban J connectivity index is 1.95. The van der Waals surface area contributed by atoms with Gasteiger partial charge in [-0.15, -0.1) is 0 Å². The predicted molar refractivity (Wildman–Crippen MR) is 81.3 cm³/mol. The van der Waals surface area contributed by atoms with E-state index < -0.39 is 0 Å². The van der Waals surface area contributed by atoms with Crippen LogP contribution in [0.1, 0.15) is 39.0 Å². The number of pyridine rings is 1. The molecule has 3 heteroatoms. The Morgan fingerprint density at radius 1 is 1.00 bits per heavy atom. The summed E-state index contributed by atoms with van der Waals surface area (Å²) in [6.45, 7) is 6.94. The van der Waals surface area contributed by atoms with Gasteiger partial charge in [0.05, 0.1) is 0 Å². The molecule has 0 aromatic carbocycles. The maximum atomic E-state index is 4.11. The van der Waals surface area contributed by atoms with Crippen LogP contribution < -0.4 is 4.90 Å². The van der Waals surface area contributed by atoms with Gasteiger partial charge in [-0.1, -0.05) is 0 Å². The minimum atomic E-state index is 1.17. The Bertz CT molecular complexity index is 386. The first-order valence-corrected chi connectivity index (χ1v) is 7.58. The molecule has 0 unspecified atom stereocenters. The van der Waals surface area contributed by atoms with Gasteiger partial charge in [-0.25, -0.2) is 4.58 Å². The largest absolute Gasteiger partial charge is 0.371 e. The van der Waals surface area contributed by atoms with E-state index in [0.717, 1.165) is 0 Å². The van der Waals surface area contributed by atoms with Gasteiger partial charge in [0, 0.05) is 50.9 Å². The lowest BCUT2D eigenvalue weighted by molar-refractivity contribution is -0.524. The molecule has 1 aromatic heterocycles. The van der Waals surface area contributed by atoms with Gasteiger partial charge < -0.3 is 4.90 Å². The monoisotopic (exact) mass is 260 g/mol. The molecule has 0 bridgehead atoms. The van der Waals surface area contributed by atoms with Crippen molar-refractivity contribution in [1.29, 1.82) is 0 Å². The van der Waals surface area contributed by atoms with E-state index >= 15 is 0 Å². The van der Waals surface area contributed by atoms with Gasteiger partial charge in [0.1, 0.15) is 19.3 Å². The second kappa shape index (κ2) is 7.93. The van der Waals surface area contributed by atoms with E-state index in [9.17, 15) is 0 Å². The lowest BCUT2D eigenvalue weighted by Gasteiger charge is -2.24. The van der Waals surface area contributed by atoms with E-state index in [1.165, 1.54) is 64.0 Å². The molecule has 0 spiro atoms. The highest BCUT2D eigenvalue weighted by atomic mass is 15.1. The van der Waals surface area contributed by atoms with E-state index in [1.807, 2.05) is 12.4 Å². The van der Waals surface area contributed by atoms with Crippen molar-refractivity contribution in [2.45, 2.75) is 39.0 Å². The van der Waals surface area contributed by atoms with E-state index in [2.05, 4.69) is 39.7 Å². The first kappa shape index (κ1) is 14.0. The maximum Gasteiger partial charge on any atom is 0.142 e. The molecule has 2 rings (SSSR count). The molecule has 3 nitrogen and oxygen atoms in total. The fourth-order valence-electron chi connectivity index (χ4n) is 2.71. The summed E-state index contributed by atoms with van der Waals surface area (Å²) in [5, 5.41) is 0. The normalized spacial score (nSPS) is 21.1. The molecule has 0 saturated carbocycles. The summed E-state index contributed by atoms with van der Waals surface area (Å²) in [7, 11) is 0. The number of hydrogen-bond acceptors (Lipinski definition) is 2. The third-order valence-corrected chi connectivity index (χ3v) is 3.89. The highest BCUT2D eigenvalue weighted by Gasteiger charge is 2.10. The predicted octanol–water partition coefficient (Wildman–Crippen LogP) is 2.96. The Hall–Kier alpha value is -1.38. The summed E-state index contributed by atoms with van der Waals surface area (Å²) in [6, 6.07) is 4.26. The standard InChI is InChI=1S/C16H26N3/c1-2-18-12-4-3-5-14-19(15-7-6-13-18)16-8-10-17-11-9-16/h2,8-11H,3-7,12-15H2,1H3/q+1. The van der Waals surface area contributed by atoms with Gasteiger partial charge >= 0.3 is 0 Å². The van der Waals surface area contributed by atoms with Gasteiger partial charge in [-0.3, -0.25) is 4.98 Å². The molecule has 0 N–H and O–H groups in total. The smallest absolute Gasteiger partial charge is 0.142 e. The van der Waals surface area contributed by atoms with Crippen molar-refractivity contribution in [3.63, 3.8) is 0 Å². The van der Waals surface area contributed by atoms with Crippen molar-refractivity contribution >= 4 is 11.9 Å². The molecule has 0 atom stereocenters. The second-order valence-electron chi connectivity index (χ2n) is 5.25. The van der Waals surface area contributed by atoms with Crippen molar-refractivity contribution in [2.75, 3.05) is 31.1 Å². The first-order valence-electron chi connectivity index (χ1n) is 7.58. The average Bonchev–Trinajstić information content (AvgIpc) is 2.52. The highest BCUT2D eigenvalue weighted by molar-refractivity contribution is 5.46. The van der Waals surface area contributed by atoms with Gasteiger partial charge in [-0.2, -0.15) is 0 Å². The van der Waals surface area contributed by atoms with Crippen LogP contribution in [0.5, 0.6) is 0 Å². The molecular formula is C16H26N3+. The Morgan fingerprint density at radius 3 is 2.32 bits per heavy atom. The Kier molecular flexibility index (Phi) is 5.86. The highest BCUT2D eigenvalue weighted by Crippen LogP contribution is 2.15. The van der Waals surface area contributed by atoms with Gasteiger partial charge in [-0.05, 0) is 31.4 Å². The summed E-state index contributed by atoms with van der Waals surface area (Å²) in [5.41, 5.74) is 1.33. The Labute approximate surface area is 117 Å². The molecular weight excluding hydrogens is 234 g/mol. The third kappa shape index (κ3) is 4.66. The van der Waals surface area contributed by atoms with Crippen molar-refractivity contribution in [1.82, 2.24) is 4.98 Å². The zero-order valence-electron chi connectivity index (χ0n) is 12.1. The van der Waals surface area contributed by atoms with Crippen LogP contribution in [0, 0.1) is 0 Å². The van der Waals surface area contributed by atoms with Crippen molar-refractivity contribution in [3.05, 3.63) is 24.5 Å². The molecule has 1 aliphatic heterocycles. The van der Waals surface area contributed by atoms with Crippen LogP contribution in [-0.2, 0) is 0 Å². The van der Waals surface area contributed by atoms with Crippen molar-refractivity contribution < 1.29 is 4.58 Å². The zero-order chi connectivity index (χ0) is 13.3. The number of hydrogen-bond donors (Lipinski definition) is 0. The number of nitrogens with zero attached hydrogens (tertiary/aromatic N) is 3. The lowest BCUT2D eigenvalue weighted by Crippen LogP contribution is -2.25. The molecule has 2 heterocycles. The van der Waals surface area contributed by atoms with E-state index in [1.54, 1.807) is 0 Å². The minimum Gasteiger partial charge on any atom is -0.371 e. The number of rotatable bonds is 1. The van der Waals surface area contributed by atoms with Crippen LogP contribution >= 0.6 is 0 Å². The maximum absolute atomic E-state index is 4.11. The molecule has 104 valence electrons. The molecule has 1 aliphatic rings. The quantitative estimate of drug-likeness (QED) is 0.723. The minimum absolute atomic E-state index is 1.17. The van der Waals surface area contributed by atoms with Crippen molar-refractivity contribution in [2.24, 2.45) is 0 Å². The molecule has 0 radical (unpaired) electrons. The number of anilines is 1. The summed E-state index contributed by atoms with van der Waals surface area (Å²) in [4.78, 5) is 6.64. The summed E-state index contributed by atoms with van der Waals surface area (Å²) in [5.74, 6) is 0. The topological polar surface area (TPSA) is 19.1 Å². The number of aromatic nitrogens is 1. The molecule has 0 amide bonds. The van der Waals surface area contributed by atoms with E-state index in [-0.39, 0.29) is 0 Å². The van der Waals surface area contributed by atoms with Crippen LogP contribution in [0.15, 0.2) is 24.5 Å². The first-order chi connectivity index (χ1) is 9.40. The molecule has 19 heavy (non-hydrogen) atoms. The van der Waals surface area contributed by atoms with Crippen LogP contribution in [0.2, 0.25) is 0 Å². The van der Waals surface area contributed by atoms with Crippen LogP contribution in [0.4, 0.5) is 5.69 Å². The summed E-state index contributed by atoms with van der Waals surface area (Å²) in [6.07, 6.45) is 12.5. The van der Waals surface area contributed by atoms with Crippen LogP contribution in [-0.4, -0.2) is 42.0 Å². The Morgan fingerprint density at radius 2 is 1.63 bits per heavy atom. The zero-order valence-corrected chi connectivity index (χ0v) is 12.1. The molecule has 1 fully saturated rings. The van der Waals surface area contributed by atoms with E-state index in [4.69, 9.17) is 0 Å².